The van der Waals surface area contributed by atoms with Crippen molar-refractivity contribution in [3.8, 4) is 0 Å². The van der Waals surface area contributed by atoms with E-state index in [1.807, 2.05) is 6.92 Å². The summed E-state index contributed by atoms with van der Waals surface area (Å²) in [4.78, 5) is 8.26. The number of hydrogen-bond acceptors (Lipinski definition) is 4. The number of aryl methyl sites for hydroxylation is 1. The summed E-state index contributed by atoms with van der Waals surface area (Å²) in [7, 11) is -3.44. The molecule has 1 aromatic carbocycles. The fourth-order valence-electron chi connectivity index (χ4n) is 2.08. The fraction of sp³-hybridized carbons (Fsp3) is 0.143. The smallest absolute Gasteiger partial charge is 0.196 e. The zero-order chi connectivity index (χ0) is 15.0. The molecule has 21 heavy (non-hydrogen) atoms. The van der Waals surface area contributed by atoms with Crippen molar-refractivity contribution in [3.05, 3.63) is 53.6 Å². The Bertz CT molecular complexity index is 902. The largest absolute Gasteiger partial charge is 0.317 e. The molecule has 0 unspecified atom stereocenters. The van der Waals surface area contributed by atoms with Gasteiger partial charge >= 0.3 is 0 Å². The van der Waals surface area contributed by atoms with Gasteiger partial charge in [-0.2, -0.15) is 0 Å². The molecule has 0 fully saturated rings. The quantitative estimate of drug-likeness (QED) is 0.696. The SMILES string of the molecule is Cc1ccc(S(=O)(=O)Cn2ccc3c(Cl)ncnc32)cc1. The van der Waals surface area contributed by atoms with Gasteiger partial charge in [0.25, 0.3) is 0 Å². The number of aromatic nitrogens is 3. The van der Waals surface area contributed by atoms with E-state index < -0.39 is 9.84 Å². The minimum atomic E-state index is -3.44. The first-order valence-corrected chi connectivity index (χ1v) is 8.25. The van der Waals surface area contributed by atoms with Gasteiger partial charge in [0.2, 0.25) is 0 Å². The predicted molar refractivity (Wildman–Crippen MR) is 80.9 cm³/mol. The van der Waals surface area contributed by atoms with Gasteiger partial charge in [0.05, 0.1) is 10.3 Å². The van der Waals surface area contributed by atoms with Crippen molar-refractivity contribution in [2.24, 2.45) is 0 Å². The van der Waals surface area contributed by atoms with Crippen LogP contribution < -0.4 is 0 Å². The third-order valence-electron chi connectivity index (χ3n) is 3.20. The highest BCUT2D eigenvalue weighted by Gasteiger charge is 2.17. The molecule has 0 saturated heterocycles. The summed E-state index contributed by atoms with van der Waals surface area (Å²) in [5.74, 6) is -0.188. The summed E-state index contributed by atoms with van der Waals surface area (Å²) < 4.78 is 26.4. The maximum Gasteiger partial charge on any atom is 0.196 e. The Hall–Kier alpha value is -1.92. The van der Waals surface area contributed by atoms with Crippen molar-refractivity contribution in [1.29, 1.82) is 0 Å². The lowest BCUT2D eigenvalue weighted by atomic mass is 10.2. The van der Waals surface area contributed by atoms with Crippen molar-refractivity contribution in [1.82, 2.24) is 14.5 Å². The monoisotopic (exact) mass is 321 g/mol. The third kappa shape index (κ3) is 2.64. The first kappa shape index (κ1) is 14.0. The number of sulfone groups is 1. The molecule has 0 aliphatic heterocycles. The van der Waals surface area contributed by atoms with Crippen LogP contribution in [0.1, 0.15) is 5.56 Å². The second kappa shape index (κ2) is 5.13. The number of nitrogens with zero attached hydrogens (tertiary/aromatic N) is 3. The van der Waals surface area contributed by atoms with Crippen LogP contribution in [0.3, 0.4) is 0 Å². The summed E-state index contributed by atoms with van der Waals surface area (Å²) in [6.07, 6.45) is 2.97. The molecular formula is C14H12ClN3O2S. The molecule has 2 heterocycles. The van der Waals surface area contributed by atoms with Gasteiger partial charge in [-0.1, -0.05) is 29.3 Å². The van der Waals surface area contributed by atoms with Crippen molar-refractivity contribution in [2.45, 2.75) is 17.7 Å². The van der Waals surface area contributed by atoms with E-state index >= 15 is 0 Å². The minimum absolute atomic E-state index is 0.188. The maximum atomic E-state index is 12.4. The summed E-state index contributed by atoms with van der Waals surface area (Å²) in [6, 6.07) is 8.48. The number of hydrogen-bond donors (Lipinski definition) is 0. The Labute approximate surface area is 127 Å². The summed E-state index contributed by atoms with van der Waals surface area (Å²) in [6.45, 7) is 1.91. The number of benzene rings is 1. The summed E-state index contributed by atoms with van der Waals surface area (Å²) in [5.41, 5.74) is 1.52. The highest BCUT2D eigenvalue weighted by atomic mass is 35.5. The van der Waals surface area contributed by atoms with Crippen LogP contribution in [0.2, 0.25) is 5.15 Å². The van der Waals surface area contributed by atoms with Gasteiger partial charge < -0.3 is 4.57 Å². The molecule has 0 amide bonds. The van der Waals surface area contributed by atoms with Crippen LogP contribution >= 0.6 is 11.6 Å². The van der Waals surface area contributed by atoms with Gasteiger partial charge in [-0.05, 0) is 25.1 Å². The van der Waals surface area contributed by atoms with E-state index in [0.29, 0.717) is 16.2 Å². The molecule has 3 aromatic rings. The topological polar surface area (TPSA) is 64.8 Å². The molecule has 0 bridgehead atoms. The Kier molecular flexibility index (Phi) is 3.43. The molecule has 5 nitrogen and oxygen atoms in total. The van der Waals surface area contributed by atoms with Gasteiger partial charge in [-0.15, -0.1) is 0 Å². The van der Waals surface area contributed by atoms with Crippen LogP contribution in [0.5, 0.6) is 0 Å². The van der Waals surface area contributed by atoms with Crippen molar-refractivity contribution in [2.75, 3.05) is 0 Å². The molecule has 108 valence electrons. The zero-order valence-corrected chi connectivity index (χ0v) is 12.8. The predicted octanol–water partition coefficient (Wildman–Crippen LogP) is 2.82. The second-order valence-corrected chi connectivity index (χ2v) is 7.06. The normalized spacial score (nSPS) is 11.9. The second-order valence-electron chi connectivity index (χ2n) is 4.74. The van der Waals surface area contributed by atoms with E-state index in [2.05, 4.69) is 9.97 Å². The average Bonchev–Trinajstić information content (AvgIpc) is 2.83. The summed E-state index contributed by atoms with van der Waals surface area (Å²) in [5, 5.41) is 0.949. The molecule has 0 saturated carbocycles. The minimum Gasteiger partial charge on any atom is -0.317 e. The zero-order valence-electron chi connectivity index (χ0n) is 11.2. The highest BCUT2D eigenvalue weighted by molar-refractivity contribution is 7.90. The lowest BCUT2D eigenvalue weighted by Gasteiger charge is -2.07. The van der Waals surface area contributed by atoms with Crippen LogP contribution in [0.15, 0.2) is 47.8 Å². The van der Waals surface area contributed by atoms with Crippen LogP contribution in [-0.2, 0) is 15.7 Å². The highest BCUT2D eigenvalue weighted by Crippen LogP contribution is 2.22. The molecule has 0 spiro atoms. The third-order valence-corrected chi connectivity index (χ3v) is 5.11. The molecule has 0 radical (unpaired) electrons. The maximum absolute atomic E-state index is 12.4. The fourth-order valence-corrected chi connectivity index (χ4v) is 3.55. The average molecular weight is 322 g/mol. The van der Waals surface area contributed by atoms with Crippen molar-refractivity contribution < 1.29 is 8.42 Å². The van der Waals surface area contributed by atoms with Gasteiger partial charge in [0.1, 0.15) is 23.0 Å². The first-order chi connectivity index (χ1) is 9.97. The molecule has 2 aromatic heterocycles. The molecule has 0 aliphatic carbocycles. The number of halogens is 1. The number of rotatable bonds is 3. The van der Waals surface area contributed by atoms with E-state index in [4.69, 9.17) is 11.6 Å². The van der Waals surface area contributed by atoms with E-state index in [9.17, 15) is 8.42 Å². The van der Waals surface area contributed by atoms with E-state index in [0.717, 1.165) is 5.56 Å². The Balaban J connectivity index is 2.01. The van der Waals surface area contributed by atoms with Gasteiger partial charge in [0.15, 0.2) is 9.84 Å². The van der Waals surface area contributed by atoms with Crippen molar-refractivity contribution in [3.63, 3.8) is 0 Å². The molecule has 0 N–H and O–H groups in total. The Morgan fingerprint density at radius 3 is 2.57 bits per heavy atom. The molecule has 0 aliphatic rings. The lowest BCUT2D eigenvalue weighted by Crippen LogP contribution is -2.11. The molecule has 7 heteroatoms. The van der Waals surface area contributed by atoms with Crippen LogP contribution in [0.4, 0.5) is 0 Å². The lowest BCUT2D eigenvalue weighted by molar-refractivity contribution is 0.585. The molecule has 3 rings (SSSR count). The van der Waals surface area contributed by atoms with Gasteiger partial charge in [0, 0.05) is 6.20 Å². The van der Waals surface area contributed by atoms with E-state index in [1.54, 1.807) is 41.1 Å². The molecular weight excluding hydrogens is 310 g/mol. The van der Waals surface area contributed by atoms with Crippen LogP contribution in [0.25, 0.3) is 11.0 Å². The van der Waals surface area contributed by atoms with Crippen molar-refractivity contribution >= 4 is 32.5 Å². The van der Waals surface area contributed by atoms with Gasteiger partial charge in [-0.25, -0.2) is 18.4 Å². The molecule has 0 atom stereocenters. The standard InChI is InChI=1S/C14H12ClN3O2S/c1-10-2-4-11(5-3-10)21(19,20)9-18-7-6-12-13(15)16-8-17-14(12)18/h2-8H,9H2,1H3. The summed E-state index contributed by atoms with van der Waals surface area (Å²) >= 11 is 5.96. The van der Waals surface area contributed by atoms with E-state index in [1.165, 1.54) is 6.33 Å². The van der Waals surface area contributed by atoms with Gasteiger partial charge in [-0.3, -0.25) is 0 Å². The first-order valence-electron chi connectivity index (χ1n) is 6.22. The van der Waals surface area contributed by atoms with Crippen LogP contribution in [0, 0.1) is 6.92 Å². The van der Waals surface area contributed by atoms with E-state index in [-0.39, 0.29) is 10.8 Å². The van der Waals surface area contributed by atoms with Crippen LogP contribution in [-0.4, -0.2) is 23.0 Å². The Morgan fingerprint density at radius 1 is 1.14 bits per heavy atom. The number of fused-ring (bicyclic) bond motifs is 1. The Morgan fingerprint density at radius 2 is 1.86 bits per heavy atom.